The maximum atomic E-state index is 12.7. The van der Waals surface area contributed by atoms with Gasteiger partial charge in [0.15, 0.2) is 0 Å². The first kappa shape index (κ1) is 13.3. The van der Waals surface area contributed by atoms with E-state index < -0.39 is 5.54 Å². The minimum Gasteiger partial charge on any atom is -0.328 e. The minimum atomic E-state index is -0.508. The van der Waals surface area contributed by atoms with E-state index in [0.717, 1.165) is 25.7 Å². The monoisotopic (exact) mass is 272 g/mol. The lowest BCUT2D eigenvalue weighted by molar-refractivity contribution is 0.0182. The number of carbonyl (C=O) groups is 2. The van der Waals surface area contributed by atoms with E-state index in [2.05, 4.69) is 6.92 Å². The molecular formula is C16H20N2O2. The fourth-order valence-corrected chi connectivity index (χ4v) is 3.72. The summed E-state index contributed by atoms with van der Waals surface area (Å²) >= 11 is 0. The zero-order chi connectivity index (χ0) is 14.3. The zero-order valence-electron chi connectivity index (χ0n) is 11.8. The number of hydrogen-bond donors (Lipinski definition) is 1. The molecule has 0 aromatic heterocycles. The van der Waals surface area contributed by atoms with Gasteiger partial charge in [0.2, 0.25) is 0 Å². The predicted molar refractivity (Wildman–Crippen MR) is 76.4 cm³/mol. The predicted octanol–water partition coefficient (Wildman–Crippen LogP) is 2.19. The third-order valence-electron chi connectivity index (χ3n) is 5.01. The van der Waals surface area contributed by atoms with E-state index in [1.165, 1.54) is 4.90 Å². The lowest BCUT2D eigenvalue weighted by atomic mass is 9.72. The van der Waals surface area contributed by atoms with Crippen molar-refractivity contribution in [1.82, 2.24) is 4.90 Å². The number of nitrogens with two attached hydrogens (primary N) is 1. The van der Waals surface area contributed by atoms with E-state index in [-0.39, 0.29) is 17.7 Å². The van der Waals surface area contributed by atoms with Crippen LogP contribution >= 0.6 is 0 Å². The highest BCUT2D eigenvalue weighted by Gasteiger charge is 2.51. The van der Waals surface area contributed by atoms with Crippen LogP contribution in [-0.2, 0) is 0 Å². The van der Waals surface area contributed by atoms with Gasteiger partial charge < -0.3 is 5.73 Å². The van der Waals surface area contributed by atoms with Crippen LogP contribution in [0.5, 0.6) is 0 Å². The summed E-state index contributed by atoms with van der Waals surface area (Å²) in [6.45, 7) is 2.45. The molecule has 0 spiro atoms. The molecule has 2 amide bonds. The second kappa shape index (κ2) is 4.70. The highest BCUT2D eigenvalue weighted by Crippen LogP contribution is 2.41. The van der Waals surface area contributed by atoms with Gasteiger partial charge in [0.25, 0.3) is 11.8 Å². The van der Waals surface area contributed by atoms with Gasteiger partial charge in [0.1, 0.15) is 0 Å². The molecule has 1 aromatic carbocycles. The molecule has 1 heterocycles. The van der Waals surface area contributed by atoms with Crippen molar-refractivity contribution >= 4 is 11.8 Å². The zero-order valence-corrected chi connectivity index (χ0v) is 11.8. The quantitative estimate of drug-likeness (QED) is 0.839. The van der Waals surface area contributed by atoms with Gasteiger partial charge in [-0.2, -0.15) is 0 Å². The van der Waals surface area contributed by atoms with E-state index in [4.69, 9.17) is 5.73 Å². The van der Waals surface area contributed by atoms with Crippen LogP contribution in [0, 0.1) is 5.92 Å². The van der Waals surface area contributed by atoms with Gasteiger partial charge >= 0.3 is 0 Å². The smallest absolute Gasteiger partial charge is 0.262 e. The molecule has 1 aliphatic heterocycles. The fourth-order valence-electron chi connectivity index (χ4n) is 3.72. The third kappa shape index (κ3) is 1.64. The van der Waals surface area contributed by atoms with Gasteiger partial charge in [-0.25, -0.2) is 0 Å². The van der Waals surface area contributed by atoms with E-state index in [1.807, 2.05) is 0 Å². The molecule has 20 heavy (non-hydrogen) atoms. The fraction of sp³-hybridized carbons (Fsp3) is 0.500. The summed E-state index contributed by atoms with van der Waals surface area (Å²) in [5, 5.41) is 0. The number of amides is 2. The van der Waals surface area contributed by atoms with Crippen LogP contribution in [0.2, 0.25) is 0 Å². The maximum absolute atomic E-state index is 12.7. The van der Waals surface area contributed by atoms with Crippen molar-refractivity contribution in [3.63, 3.8) is 0 Å². The average molecular weight is 272 g/mol. The van der Waals surface area contributed by atoms with Crippen LogP contribution in [0.4, 0.5) is 0 Å². The Morgan fingerprint density at radius 3 is 2.30 bits per heavy atom. The van der Waals surface area contributed by atoms with Gasteiger partial charge in [0.05, 0.1) is 16.7 Å². The van der Waals surface area contributed by atoms with Crippen molar-refractivity contribution in [2.45, 2.75) is 38.1 Å². The van der Waals surface area contributed by atoms with Crippen molar-refractivity contribution in [2.24, 2.45) is 11.7 Å². The van der Waals surface area contributed by atoms with Crippen molar-refractivity contribution in [3.05, 3.63) is 35.4 Å². The molecule has 2 atom stereocenters. The van der Waals surface area contributed by atoms with Crippen LogP contribution in [0.15, 0.2) is 24.3 Å². The van der Waals surface area contributed by atoms with Gasteiger partial charge in [-0.3, -0.25) is 14.5 Å². The van der Waals surface area contributed by atoms with Crippen LogP contribution in [0.25, 0.3) is 0 Å². The lowest BCUT2D eigenvalue weighted by Gasteiger charge is -2.47. The minimum absolute atomic E-state index is 0.176. The molecule has 1 fully saturated rings. The molecule has 2 aliphatic rings. The number of nitrogens with zero attached hydrogens (tertiary/aromatic N) is 1. The summed E-state index contributed by atoms with van der Waals surface area (Å²) in [5.74, 6) is -0.0990. The molecule has 4 nitrogen and oxygen atoms in total. The Bertz CT molecular complexity index is 534. The van der Waals surface area contributed by atoms with Crippen molar-refractivity contribution in [3.8, 4) is 0 Å². The topological polar surface area (TPSA) is 63.4 Å². The molecule has 0 saturated heterocycles. The summed E-state index contributed by atoms with van der Waals surface area (Å²) in [5.41, 5.74) is 6.55. The SMILES string of the molecule is CC1CCCCC1(CN)N1C(=O)c2ccccc2C1=O. The van der Waals surface area contributed by atoms with E-state index in [1.54, 1.807) is 24.3 Å². The molecular weight excluding hydrogens is 252 g/mol. The number of carbonyl (C=O) groups excluding carboxylic acids is 2. The Hall–Kier alpha value is -1.68. The van der Waals surface area contributed by atoms with Gasteiger partial charge in [-0.05, 0) is 30.9 Å². The number of benzene rings is 1. The summed E-state index contributed by atoms with van der Waals surface area (Å²) in [6, 6.07) is 7.06. The number of fused-ring (bicyclic) bond motifs is 1. The summed E-state index contributed by atoms with van der Waals surface area (Å²) in [4.78, 5) is 26.8. The number of rotatable bonds is 2. The Kier molecular flexibility index (Phi) is 3.13. The Morgan fingerprint density at radius 1 is 1.20 bits per heavy atom. The highest BCUT2D eigenvalue weighted by atomic mass is 16.2. The molecule has 2 N–H and O–H groups in total. The van der Waals surface area contributed by atoms with Crippen LogP contribution < -0.4 is 5.73 Å². The largest absolute Gasteiger partial charge is 0.328 e. The number of hydrogen-bond acceptors (Lipinski definition) is 3. The lowest BCUT2D eigenvalue weighted by Crippen LogP contribution is -2.61. The van der Waals surface area contributed by atoms with E-state index in [9.17, 15) is 9.59 Å². The van der Waals surface area contributed by atoms with Gasteiger partial charge in [-0.15, -0.1) is 0 Å². The summed E-state index contributed by atoms with van der Waals surface area (Å²) in [6.07, 6.45) is 4.00. The van der Waals surface area contributed by atoms with E-state index >= 15 is 0 Å². The van der Waals surface area contributed by atoms with Gasteiger partial charge in [-0.1, -0.05) is 31.9 Å². The second-order valence-electron chi connectivity index (χ2n) is 5.95. The molecule has 1 aliphatic carbocycles. The van der Waals surface area contributed by atoms with Gasteiger partial charge in [0, 0.05) is 6.54 Å². The van der Waals surface area contributed by atoms with Crippen molar-refractivity contribution in [2.75, 3.05) is 6.54 Å². The van der Waals surface area contributed by atoms with Crippen LogP contribution in [0.3, 0.4) is 0 Å². The van der Waals surface area contributed by atoms with Crippen LogP contribution in [-0.4, -0.2) is 28.8 Å². The Morgan fingerprint density at radius 2 is 1.80 bits per heavy atom. The third-order valence-corrected chi connectivity index (χ3v) is 5.01. The molecule has 106 valence electrons. The molecule has 0 radical (unpaired) electrons. The molecule has 3 rings (SSSR count). The molecule has 1 aromatic rings. The first-order chi connectivity index (χ1) is 9.62. The summed E-state index contributed by atoms with van der Waals surface area (Å²) in [7, 11) is 0. The number of imide groups is 1. The molecule has 2 unspecified atom stereocenters. The van der Waals surface area contributed by atoms with Crippen LogP contribution in [0.1, 0.15) is 53.3 Å². The Labute approximate surface area is 118 Å². The molecule has 0 bridgehead atoms. The van der Waals surface area contributed by atoms with Crippen molar-refractivity contribution in [1.29, 1.82) is 0 Å². The Balaban J connectivity index is 2.07. The normalized spacial score (nSPS) is 29.7. The maximum Gasteiger partial charge on any atom is 0.262 e. The van der Waals surface area contributed by atoms with E-state index in [0.29, 0.717) is 17.7 Å². The molecule has 1 saturated carbocycles. The highest BCUT2D eigenvalue weighted by molar-refractivity contribution is 6.21. The first-order valence-electron chi connectivity index (χ1n) is 7.30. The van der Waals surface area contributed by atoms with Crippen molar-refractivity contribution < 1.29 is 9.59 Å². The summed E-state index contributed by atoms with van der Waals surface area (Å²) < 4.78 is 0. The standard InChI is InChI=1S/C16H20N2O2/c1-11-6-4-5-9-16(11,10-17)18-14(19)12-7-2-3-8-13(12)15(18)20/h2-3,7-8,11H,4-6,9-10,17H2,1H3. The second-order valence-corrected chi connectivity index (χ2v) is 5.95. The average Bonchev–Trinajstić information content (AvgIpc) is 2.73. The first-order valence-corrected chi connectivity index (χ1v) is 7.30. The molecule has 4 heteroatoms.